The summed E-state index contributed by atoms with van der Waals surface area (Å²) in [5.74, 6) is 0.843. The first kappa shape index (κ1) is 20.8. The van der Waals surface area contributed by atoms with Gasteiger partial charge in [0.1, 0.15) is 0 Å². The number of aliphatic hydroxyl groups is 1. The Kier molecular flexibility index (Phi) is 9.88. The lowest BCUT2D eigenvalue weighted by molar-refractivity contribution is 0.169. The summed E-state index contributed by atoms with van der Waals surface area (Å²) >= 11 is 1.75. The second kappa shape index (κ2) is 11.4. The molecule has 5 heteroatoms. The van der Waals surface area contributed by atoms with E-state index in [1.807, 2.05) is 0 Å². The van der Waals surface area contributed by atoms with Crippen LogP contribution in [-0.2, 0) is 6.54 Å². The molecule has 0 aliphatic heterocycles. The maximum Gasteiger partial charge on any atom is 0.191 e. The van der Waals surface area contributed by atoms with Gasteiger partial charge in [-0.05, 0) is 55.6 Å². The maximum absolute atomic E-state index is 9.35. The van der Waals surface area contributed by atoms with Gasteiger partial charge in [0, 0.05) is 24.6 Å². The Balaban J connectivity index is 2.70. The van der Waals surface area contributed by atoms with Crippen LogP contribution in [0.5, 0.6) is 0 Å². The van der Waals surface area contributed by atoms with E-state index in [4.69, 9.17) is 4.99 Å². The normalized spacial score (nSPS) is 12.3. The first-order chi connectivity index (χ1) is 11.6. The van der Waals surface area contributed by atoms with Gasteiger partial charge < -0.3 is 15.7 Å². The number of hydrogen-bond donors (Lipinski definition) is 3. The molecule has 0 fully saturated rings. The third kappa shape index (κ3) is 6.73. The van der Waals surface area contributed by atoms with Gasteiger partial charge in [-0.2, -0.15) is 0 Å². The van der Waals surface area contributed by atoms with Crippen LogP contribution in [0.15, 0.2) is 34.2 Å². The Labute approximate surface area is 151 Å². The molecule has 0 bridgehead atoms. The van der Waals surface area contributed by atoms with Crippen molar-refractivity contribution in [3.05, 3.63) is 29.8 Å². The fourth-order valence-electron chi connectivity index (χ4n) is 2.69. The SMILES string of the molecule is CCNC(=NCc1ccc(SC)cc1)NCC(CC)(CC)CCO. The summed E-state index contributed by atoms with van der Waals surface area (Å²) in [6.07, 6.45) is 5.00. The molecule has 0 aliphatic rings. The molecule has 4 nitrogen and oxygen atoms in total. The Morgan fingerprint density at radius 3 is 2.29 bits per heavy atom. The number of nitrogens with zero attached hydrogens (tertiary/aromatic N) is 1. The molecule has 0 amide bonds. The maximum atomic E-state index is 9.35. The number of aliphatic imine (C=N–C) groups is 1. The van der Waals surface area contributed by atoms with Crippen molar-refractivity contribution in [2.75, 3.05) is 26.0 Å². The van der Waals surface area contributed by atoms with Crippen molar-refractivity contribution in [3.8, 4) is 0 Å². The fourth-order valence-corrected chi connectivity index (χ4v) is 3.10. The van der Waals surface area contributed by atoms with Gasteiger partial charge in [0.2, 0.25) is 0 Å². The lowest BCUT2D eigenvalue weighted by Gasteiger charge is -2.32. The molecule has 0 radical (unpaired) electrons. The molecule has 24 heavy (non-hydrogen) atoms. The van der Waals surface area contributed by atoms with Crippen molar-refractivity contribution >= 4 is 17.7 Å². The minimum atomic E-state index is 0.130. The van der Waals surface area contributed by atoms with E-state index in [1.54, 1.807) is 11.8 Å². The minimum Gasteiger partial charge on any atom is -0.396 e. The quantitative estimate of drug-likeness (QED) is 0.342. The summed E-state index contributed by atoms with van der Waals surface area (Å²) in [6.45, 7) is 9.02. The number of rotatable bonds is 10. The number of aliphatic hydroxyl groups excluding tert-OH is 1. The van der Waals surface area contributed by atoms with Gasteiger partial charge >= 0.3 is 0 Å². The van der Waals surface area contributed by atoms with Gasteiger partial charge in [-0.25, -0.2) is 4.99 Å². The average molecular weight is 352 g/mol. The third-order valence-electron chi connectivity index (χ3n) is 4.70. The topological polar surface area (TPSA) is 56.7 Å². The van der Waals surface area contributed by atoms with Crippen LogP contribution in [-0.4, -0.2) is 37.0 Å². The molecule has 0 saturated carbocycles. The molecule has 0 aromatic heterocycles. The van der Waals surface area contributed by atoms with Crippen molar-refractivity contribution in [2.45, 2.75) is 51.5 Å². The van der Waals surface area contributed by atoms with Crippen LogP contribution in [0.4, 0.5) is 0 Å². The van der Waals surface area contributed by atoms with Crippen LogP contribution in [0.1, 0.15) is 45.6 Å². The molecule has 3 N–H and O–H groups in total. The summed E-state index contributed by atoms with van der Waals surface area (Å²) in [5, 5.41) is 16.1. The highest BCUT2D eigenvalue weighted by atomic mass is 32.2. The first-order valence-electron chi connectivity index (χ1n) is 8.89. The molecule has 0 saturated heterocycles. The van der Waals surface area contributed by atoms with Crippen molar-refractivity contribution < 1.29 is 5.11 Å². The van der Waals surface area contributed by atoms with Crippen molar-refractivity contribution in [1.82, 2.24) is 10.6 Å². The minimum absolute atomic E-state index is 0.130. The molecule has 0 spiro atoms. The number of thioether (sulfide) groups is 1. The van der Waals surface area contributed by atoms with E-state index in [0.29, 0.717) is 6.54 Å². The predicted octanol–water partition coefficient (Wildman–Crippen LogP) is 3.65. The van der Waals surface area contributed by atoms with E-state index in [9.17, 15) is 5.11 Å². The Bertz CT molecular complexity index is 484. The number of benzene rings is 1. The molecule has 0 atom stereocenters. The van der Waals surface area contributed by atoms with Crippen molar-refractivity contribution in [1.29, 1.82) is 0 Å². The molecule has 0 heterocycles. The average Bonchev–Trinajstić information content (AvgIpc) is 2.63. The van der Waals surface area contributed by atoms with Gasteiger partial charge in [0.15, 0.2) is 5.96 Å². The van der Waals surface area contributed by atoms with Gasteiger partial charge in [-0.1, -0.05) is 26.0 Å². The van der Waals surface area contributed by atoms with Gasteiger partial charge in [-0.15, -0.1) is 11.8 Å². The van der Waals surface area contributed by atoms with Crippen LogP contribution in [0, 0.1) is 5.41 Å². The number of guanidine groups is 1. The smallest absolute Gasteiger partial charge is 0.191 e. The zero-order valence-electron chi connectivity index (χ0n) is 15.6. The van der Waals surface area contributed by atoms with Crippen molar-refractivity contribution in [2.24, 2.45) is 10.4 Å². The summed E-state index contributed by atoms with van der Waals surface area (Å²) in [6, 6.07) is 8.53. The lowest BCUT2D eigenvalue weighted by atomic mass is 9.79. The molecular weight excluding hydrogens is 318 g/mol. The second-order valence-corrected chi connectivity index (χ2v) is 6.96. The Morgan fingerprint density at radius 2 is 1.79 bits per heavy atom. The lowest BCUT2D eigenvalue weighted by Crippen LogP contribution is -2.43. The number of nitrogens with one attached hydrogen (secondary N) is 2. The van der Waals surface area contributed by atoms with Crippen LogP contribution >= 0.6 is 11.8 Å². The Morgan fingerprint density at radius 1 is 1.12 bits per heavy atom. The molecule has 0 aliphatic carbocycles. The Hall–Kier alpha value is -1.20. The van der Waals surface area contributed by atoms with Crippen molar-refractivity contribution in [3.63, 3.8) is 0 Å². The van der Waals surface area contributed by atoms with Crippen LogP contribution < -0.4 is 10.6 Å². The van der Waals surface area contributed by atoms with Crippen LogP contribution in [0.3, 0.4) is 0 Å². The van der Waals surface area contributed by atoms with E-state index >= 15 is 0 Å². The zero-order chi connectivity index (χ0) is 17.8. The highest BCUT2D eigenvalue weighted by molar-refractivity contribution is 7.98. The highest BCUT2D eigenvalue weighted by Gasteiger charge is 2.25. The second-order valence-electron chi connectivity index (χ2n) is 6.08. The first-order valence-corrected chi connectivity index (χ1v) is 10.1. The monoisotopic (exact) mass is 351 g/mol. The summed E-state index contributed by atoms with van der Waals surface area (Å²) in [7, 11) is 0. The third-order valence-corrected chi connectivity index (χ3v) is 5.44. The zero-order valence-corrected chi connectivity index (χ0v) is 16.4. The molecule has 1 rings (SSSR count). The predicted molar refractivity (Wildman–Crippen MR) is 106 cm³/mol. The molecule has 136 valence electrons. The van der Waals surface area contributed by atoms with Gasteiger partial charge in [-0.3, -0.25) is 0 Å². The van der Waals surface area contributed by atoms with E-state index in [0.717, 1.165) is 38.3 Å². The van der Waals surface area contributed by atoms with E-state index in [-0.39, 0.29) is 12.0 Å². The standard InChI is InChI=1S/C19H33N3OS/c1-5-19(6-2,12-13-23)15-22-18(20-7-3)21-14-16-8-10-17(24-4)11-9-16/h8-11,23H,5-7,12-15H2,1-4H3,(H2,20,21,22). The molecule has 0 unspecified atom stereocenters. The summed E-state index contributed by atoms with van der Waals surface area (Å²) in [4.78, 5) is 5.97. The van der Waals surface area contributed by atoms with Gasteiger partial charge in [0.05, 0.1) is 6.54 Å². The molecule has 1 aromatic carbocycles. The van der Waals surface area contributed by atoms with E-state index in [2.05, 4.69) is 61.9 Å². The molecule has 1 aromatic rings. The summed E-state index contributed by atoms with van der Waals surface area (Å²) < 4.78 is 0. The summed E-state index contributed by atoms with van der Waals surface area (Å²) in [5.41, 5.74) is 1.34. The van der Waals surface area contributed by atoms with E-state index < -0.39 is 0 Å². The van der Waals surface area contributed by atoms with Gasteiger partial charge in [0.25, 0.3) is 0 Å². The van der Waals surface area contributed by atoms with Crippen LogP contribution in [0.25, 0.3) is 0 Å². The highest BCUT2D eigenvalue weighted by Crippen LogP contribution is 2.29. The fraction of sp³-hybridized carbons (Fsp3) is 0.632. The number of hydrogen-bond acceptors (Lipinski definition) is 3. The van der Waals surface area contributed by atoms with Crippen LogP contribution in [0.2, 0.25) is 0 Å². The van der Waals surface area contributed by atoms with E-state index in [1.165, 1.54) is 10.5 Å². The largest absolute Gasteiger partial charge is 0.396 e. The molecular formula is C19H33N3OS.